The normalized spacial score (nSPS) is 12.1. The van der Waals surface area contributed by atoms with Gasteiger partial charge in [0, 0.05) is 43.0 Å². The number of nitrogens with one attached hydrogen (secondary N) is 1. The zero-order valence-corrected chi connectivity index (χ0v) is 25.5. The van der Waals surface area contributed by atoms with Crippen LogP contribution in [0, 0.1) is 13.8 Å². The number of rotatable bonds is 12. The Balaban J connectivity index is 1.89. The molecule has 0 aliphatic carbocycles. The van der Waals surface area contributed by atoms with E-state index in [9.17, 15) is 18.0 Å². The lowest BCUT2D eigenvalue weighted by Crippen LogP contribution is -2.49. The number of anilines is 1. The first kappa shape index (κ1) is 31.5. The average molecular weight is 605 g/mol. The summed E-state index contributed by atoms with van der Waals surface area (Å²) in [6, 6.07) is 19.2. The summed E-state index contributed by atoms with van der Waals surface area (Å²) >= 11 is 12.5. The highest BCUT2D eigenvalue weighted by Crippen LogP contribution is 2.27. The van der Waals surface area contributed by atoms with Crippen molar-refractivity contribution in [3.05, 3.63) is 99.0 Å². The standard InChI is InChI=1S/C30H35Cl2N3O4S/c1-21-10-8-13-27(22(21)2)35(40(4,38)39)17-9-14-29(36)34(20-24-15-16-25(31)19-26(24)32)28(30(37)33-3)18-23-11-6-5-7-12-23/h5-8,10-13,15-16,19,28H,9,14,17-18,20H2,1-4H3,(H,33,37)/t28-/m0/s1. The van der Waals surface area contributed by atoms with Crippen molar-refractivity contribution in [2.45, 2.75) is 45.7 Å². The number of hydrogen-bond donors (Lipinski definition) is 1. The molecule has 2 amide bonds. The van der Waals surface area contributed by atoms with E-state index >= 15 is 0 Å². The van der Waals surface area contributed by atoms with E-state index in [-0.39, 0.29) is 37.7 Å². The van der Waals surface area contributed by atoms with Crippen molar-refractivity contribution in [2.24, 2.45) is 0 Å². The summed E-state index contributed by atoms with van der Waals surface area (Å²) in [7, 11) is -2.06. The number of carbonyl (C=O) groups is 2. The van der Waals surface area contributed by atoms with E-state index in [0.717, 1.165) is 22.9 Å². The van der Waals surface area contributed by atoms with Gasteiger partial charge in [0.15, 0.2) is 0 Å². The van der Waals surface area contributed by atoms with E-state index in [2.05, 4.69) is 5.32 Å². The van der Waals surface area contributed by atoms with Gasteiger partial charge < -0.3 is 10.2 Å². The predicted molar refractivity (Wildman–Crippen MR) is 162 cm³/mol. The van der Waals surface area contributed by atoms with E-state index in [0.29, 0.717) is 27.7 Å². The first-order valence-electron chi connectivity index (χ1n) is 12.9. The Hall–Kier alpha value is -3.07. The Labute approximate surface area is 247 Å². The number of benzene rings is 3. The van der Waals surface area contributed by atoms with Crippen molar-refractivity contribution < 1.29 is 18.0 Å². The third-order valence-corrected chi connectivity index (χ3v) is 8.64. The Morgan fingerprint density at radius 1 is 0.975 bits per heavy atom. The number of sulfonamides is 1. The van der Waals surface area contributed by atoms with Crippen LogP contribution in [0.25, 0.3) is 0 Å². The third kappa shape index (κ3) is 8.22. The van der Waals surface area contributed by atoms with Crippen molar-refractivity contribution in [3.63, 3.8) is 0 Å². The zero-order valence-electron chi connectivity index (χ0n) is 23.2. The second kappa shape index (κ2) is 14.0. The molecule has 3 aromatic rings. The summed E-state index contributed by atoms with van der Waals surface area (Å²) in [6.45, 7) is 4.01. The number of likely N-dealkylation sites (N-methyl/N-ethyl adjacent to an activating group) is 1. The van der Waals surface area contributed by atoms with Gasteiger partial charge in [-0.15, -0.1) is 0 Å². The fraction of sp³-hybridized carbons (Fsp3) is 0.333. The van der Waals surface area contributed by atoms with Gasteiger partial charge in [-0.2, -0.15) is 0 Å². The van der Waals surface area contributed by atoms with Gasteiger partial charge in [-0.1, -0.05) is 71.7 Å². The maximum Gasteiger partial charge on any atom is 0.242 e. The molecule has 0 saturated carbocycles. The van der Waals surface area contributed by atoms with Crippen LogP contribution in [0.1, 0.15) is 35.1 Å². The minimum atomic E-state index is -3.59. The first-order valence-corrected chi connectivity index (χ1v) is 15.6. The second-order valence-electron chi connectivity index (χ2n) is 9.73. The molecule has 1 N–H and O–H groups in total. The maximum absolute atomic E-state index is 13.8. The first-order chi connectivity index (χ1) is 18.9. The topological polar surface area (TPSA) is 86.8 Å². The molecule has 0 heterocycles. The van der Waals surface area contributed by atoms with Crippen LogP contribution in [0.2, 0.25) is 10.0 Å². The van der Waals surface area contributed by atoms with Gasteiger partial charge in [0.1, 0.15) is 6.04 Å². The Morgan fingerprint density at radius 2 is 1.68 bits per heavy atom. The molecule has 10 heteroatoms. The van der Waals surface area contributed by atoms with Gasteiger partial charge in [0.2, 0.25) is 21.8 Å². The molecular weight excluding hydrogens is 569 g/mol. The Kier molecular flexibility index (Phi) is 11.0. The molecular formula is C30H35Cl2N3O4S. The van der Waals surface area contributed by atoms with Crippen LogP contribution < -0.4 is 9.62 Å². The molecule has 0 unspecified atom stereocenters. The number of amides is 2. The highest BCUT2D eigenvalue weighted by atomic mass is 35.5. The number of halogens is 2. The minimum Gasteiger partial charge on any atom is -0.357 e. The fourth-order valence-electron chi connectivity index (χ4n) is 4.54. The van der Waals surface area contributed by atoms with Crippen LogP contribution in [-0.4, -0.2) is 51.0 Å². The molecule has 0 saturated heterocycles. The lowest BCUT2D eigenvalue weighted by Gasteiger charge is -2.32. The van der Waals surface area contributed by atoms with E-state index in [4.69, 9.17) is 23.2 Å². The smallest absolute Gasteiger partial charge is 0.242 e. The van der Waals surface area contributed by atoms with Gasteiger partial charge in [0.25, 0.3) is 0 Å². The van der Waals surface area contributed by atoms with Crippen molar-refractivity contribution in [1.82, 2.24) is 10.2 Å². The lowest BCUT2D eigenvalue weighted by atomic mass is 10.0. The molecule has 3 rings (SSSR count). The molecule has 0 aliphatic heterocycles. The summed E-state index contributed by atoms with van der Waals surface area (Å²) in [5.41, 5.74) is 3.97. The highest BCUT2D eigenvalue weighted by molar-refractivity contribution is 7.92. The summed E-state index contributed by atoms with van der Waals surface area (Å²) in [5, 5.41) is 3.53. The quantitative estimate of drug-likeness (QED) is 0.294. The van der Waals surface area contributed by atoms with Crippen molar-refractivity contribution in [1.29, 1.82) is 0 Å². The van der Waals surface area contributed by atoms with Crippen LogP contribution in [0.15, 0.2) is 66.7 Å². The monoisotopic (exact) mass is 603 g/mol. The summed E-state index contributed by atoms with van der Waals surface area (Å²) in [6.07, 6.45) is 1.75. The van der Waals surface area contributed by atoms with E-state index in [1.807, 2.05) is 56.3 Å². The molecule has 0 radical (unpaired) electrons. The molecule has 0 spiro atoms. The summed E-state index contributed by atoms with van der Waals surface area (Å²) < 4.78 is 26.7. The van der Waals surface area contributed by atoms with Gasteiger partial charge in [-0.05, 0) is 60.7 Å². The third-order valence-electron chi connectivity index (χ3n) is 6.87. The van der Waals surface area contributed by atoms with Crippen LogP contribution in [0.4, 0.5) is 5.69 Å². The second-order valence-corrected chi connectivity index (χ2v) is 12.5. The van der Waals surface area contributed by atoms with Crippen LogP contribution in [-0.2, 0) is 32.6 Å². The fourth-order valence-corrected chi connectivity index (χ4v) is 6.03. The van der Waals surface area contributed by atoms with Gasteiger partial charge in [-0.25, -0.2) is 8.42 Å². The van der Waals surface area contributed by atoms with Crippen LogP contribution >= 0.6 is 23.2 Å². The molecule has 7 nitrogen and oxygen atoms in total. The number of hydrogen-bond acceptors (Lipinski definition) is 4. The molecule has 214 valence electrons. The number of nitrogens with zero attached hydrogens (tertiary/aromatic N) is 2. The Morgan fingerprint density at radius 3 is 2.30 bits per heavy atom. The summed E-state index contributed by atoms with van der Waals surface area (Å²) in [4.78, 5) is 28.4. The van der Waals surface area contributed by atoms with E-state index in [1.54, 1.807) is 24.3 Å². The van der Waals surface area contributed by atoms with Crippen molar-refractivity contribution in [3.8, 4) is 0 Å². The molecule has 0 aliphatic rings. The molecule has 0 bridgehead atoms. The van der Waals surface area contributed by atoms with Crippen LogP contribution in [0.5, 0.6) is 0 Å². The largest absolute Gasteiger partial charge is 0.357 e. The highest BCUT2D eigenvalue weighted by Gasteiger charge is 2.30. The van der Waals surface area contributed by atoms with E-state index in [1.165, 1.54) is 16.3 Å². The van der Waals surface area contributed by atoms with Gasteiger partial charge in [-0.3, -0.25) is 13.9 Å². The van der Waals surface area contributed by atoms with Crippen molar-refractivity contribution in [2.75, 3.05) is 24.2 Å². The zero-order chi connectivity index (χ0) is 29.4. The minimum absolute atomic E-state index is 0.0321. The molecule has 40 heavy (non-hydrogen) atoms. The van der Waals surface area contributed by atoms with Crippen molar-refractivity contribution >= 4 is 50.7 Å². The van der Waals surface area contributed by atoms with E-state index < -0.39 is 16.1 Å². The predicted octanol–water partition coefficient (Wildman–Crippen LogP) is 5.54. The number of carbonyl (C=O) groups excluding carboxylic acids is 2. The van der Waals surface area contributed by atoms with Crippen LogP contribution in [0.3, 0.4) is 0 Å². The van der Waals surface area contributed by atoms with Gasteiger partial charge in [0.05, 0.1) is 11.9 Å². The molecule has 1 atom stereocenters. The molecule has 0 fully saturated rings. The number of aryl methyl sites for hydroxylation is 1. The lowest BCUT2D eigenvalue weighted by molar-refractivity contribution is -0.141. The molecule has 0 aromatic heterocycles. The van der Waals surface area contributed by atoms with Gasteiger partial charge >= 0.3 is 0 Å². The summed E-state index contributed by atoms with van der Waals surface area (Å²) in [5.74, 6) is -0.597. The average Bonchev–Trinajstić information content (AvgIpc) is 2.91. The Bertz CT molecular complexity index is 1450. The SMILES string of the molecule is CNC(=O)[C@H](Cc1ccccc1)N(Cc1ccc(Cl)cc1Cl)C(=O)CCCN(c1cccc(C)c1C)S(C)(=O)=O. The molecule has 3 aromatic carbocycles. The maximum atomic E-state index is 13.8.